The molecule has 2 aliphatic heterocycles. The molecule has 2 aromatic rings. The average molecular weight is 294 g/mol. The number of hydrogen-bond donors (Lipinski definition) is 0. The summed E-state index contributed by atoms with van der Waals surface area (Å²) in [7, 11) is 0. The van der Waals surface area contributed by atoms with Crippen LogP contribution in [-0.2, 0) is 6.54 Å². The van der Waals surface area contributed by atoms with Crippen LogP contribution in [0.2, 0.25) is 0 Å². The topological polar surface area (TPSA) is 16.1 Å². The van der Waals surface area contributed by atoms with E-state index in [1.807, 2.05) is 6.07 Å². The Morgan fingerprint density at radius 1 is 1.09 bits per heavy atom. The first-order valence-corrected chi connectivity index (χ1v) is 7.92. The van der Waals surface area contributed by atoms with E-state index >= 15 is 0 Å². The molecule has 3 heteroatoms. The highest BCUT2D eigenvalue weighted by molar-refractivity contribution is 5.67. The molecule has 1 fully saturated rings. The second-order valence-electron chi connectivity index (χ2n) is 6.22. The molecule has 2 nitrogen and oxygen atoms in total. The van der Waals surface area contributed by atoms with Crippen LogP contribution in [0.3, 0.4) is 0 Å². The average Bonchev–Trinajstić information content (AvgIpc) is 2.79. The van der Waals surface area contributed by atoms with Crippen LogP contribution in [0.5, 0.6) is 0 Å². The summed E-state index contributed by atoms with van der Waals surface area (Å²) < 4.78 is 13.0. The zero-order valence-corrected chi connectivity index (χ0v) is 12.5. The SMILES string of the molecule is Fc1ccc(C2=CC3CCC(C2)N3Cc2ccccc2)cn1. The molecule has 2 unspecified atom stereocenters. The Bertz CT molecular complexity index is 678. The lowest BCUT2D eigenvalue weighted by Crippen LogP contribution is -2.37. The predicted molar refractivity (Wildman–Crippen MR) is 85.6 cm³/mol. The van der Waals surface area contributed by atoms with Crippen LogP contribution >= 0.6 is 0 Å². The van der Waals surface area contributed by atoms with Crippen molar-refractivity contribution in [1.82, 2.24) is 9.88 Å². The lowest BCUT2D eigenvalue weighted by atomic mass is 9.95. The van der Waals surface area contributed by atoms with Crippen molar-refractivity contribution in [2.45, 2.75) is 37.9 Å². The minimum Gasteiger partial charge on any atom is -0.289 e. The van der Waals surface area contributed by atoms with Gasteiger partial charge >= 0.3 is 0 Å². The maximum Gasteiger partial charge on any atom is 0.212 e. The summed E-state index contributed by atoms with van der Waals surface area (Å²) in [5, 5.41) is 0. The molecule has 4 rings (SSSR count). The highest BCUT2D eigenvalue weighted by atomic mass is 19.1. The van der Waals surface area contributed by atoms with Crippen LogP contribution < -0.4 is 0 Å². The third kappa shape index (κ3) is 2.57. The molecule has 1 saturated heterocycles. The largest absolute Gasteiger partial charge is 0.289 e. The van der Waals surface area contributed by atoms with Gasteiger partial charge in [0.05, 0.1) is 0 Å². The van der Waals surface area contributed by atoms with E-state index in [1.54, 1.807) is 6.20 Å². The van der Waals surface area contributed by atoms with E-state index in [4.69, 9.17) is 0 Å². The Hall–Kier alpha value is -2.00. The first-order chi connectivity index (χ1) is 10.8. The van der Waals surface area contributed by atoms with Gasteiger partial charge in [0.2, 0.25) is 5.95 Å². The Kier molecular flexibility index (Phi) is 3.51. The summed E-state index contributed by atoms with van der Waals surface area (Å²) in [6, 6.07) is 15.1. The van der Waals surface area contributed by atoms with Gasteiger partial charge in [-0.1, -0.05) is 36.4 Å². The van der Waals surface area contributed by atoms with Crippen LogP contribution in [0.1, 0.15) is 30.4 Å². The van der Waals surface area contributed by atoms with E-state index in [2.05, 4.69) is 46.3 Å². The van der Waals surface area contributed by atoms with Crippen molar-refractivity contribution in [3.63, 3.8) is 0 Å². The number of pyridine rings is 1. The second-order valence-corrected chi connectivity index (χ2v) is 6.22. The van der Waals surface area contributed by atoms with Crippen LogP contribution in [0.4, 0.5) is 4.39 Å². The van der Waals surface area contributed by atoms with E-state index in [0.717, 1.165) is 18.5 Å². The molecule has 2 aliphatic rings. The Balaban J connectivity index is 1.56. The van der Waals surface area contributed by atoms with Gasteiger partial charge in [0.25, 0.3) is 0 Å². The maximum absolute atomic E-state index is 13.0. The standard InChI is InChI=1S/C19H19FN2/c20-19-9-6-15(12-21-19)16-10-17-7-8-18(11-16)22(17)13-14-4-2-1-3-5-14/h1-6,9-10,12,17-18H,7-8,11,13H2. The molecule has 0 N–H and O–H groups in total. The second kappa shape index (κ2) is 5.65. The highest BCUT2D eigenvalue weighted by Gasteiger charge is 2.36. The van der Waals surface area contributed by atoms with Gasteiger partial charge in [-0.05, 0) is 48.1 Å². The Morgan fingerprint density at radius 2 is 1.95 bits per heavy atom. The molecular weight excluding hydrogens is 275 g/mol. The molecule has 2 bridgehead atoms. The van der Waals surface area contributed by atoms with Gasteiger partial charge in [-0.25, -0.2) is 4.98 Å². The van der Waals surface area contributed by atoms with Gasteiger partial charge in [0, 0.05) is 24.8 Å². The number of nitrogens with zero attached hydrogens (tertiary/aromatic N) is 2. The first-order valence-electron chi connectivity index (χ1n) is 7.92. The van der Waals surface area contributed by atoms with E-state index in [-0.39, 0.29) is 0 Å². The molecule has 2 atom stereocenters. The number of benzene rings is 1. The molecule has 0 spiro atoms. The van der Waals surface area contributed by atoms with Crippen molar-refractivity contribution in [3.05, 3.63) is 71.8 Å². The third-order valence-corrected chi connectivity index (χ3v) is 4.85. The zero-order valence-electron chi connectivity index (χ0n) is 12.5. The van der Waals surface area contributed by atoms with E-state index in [0.29, 0.717) is 12.1 Å². The van der Waals surface area contributed by atoms with Crippen molar-refractivity contribution in [2.24, 2.45) is 0 Å². The van der Waals surface area contributed by atoms with Crippen LogP contribution in [0.25, 0.3) is 5.57 Å². The van der Waals surface area contributed by atoms with Crippen LogP contribution in [0, 0.1) is 5.95 Å². The summed E-state index contributed by atoms with van der Waals surface area (Å²) in [6.07, 6.45) is 7.52. The van der Waals surface area contributed by atoms with Gasteiger partial charge in [0.15, 0.2) is 0 Å². The van der Waals surface area contributed by atoms with Gasteiger partial charge < -0.3 is 0 Å². The predicted octanol–water partition coefficient (Wildman–Crippen LogP) is 4.04. The molecule has 112 valence electrons. The molecular formula is C19H19FN2. The lowest BCUT2D eigenvalue weighted by molar-refractivity contribution is 0.203. The number of fused-ring (bicyclic) bond motifs is 2. The fourth-order valence-electron chi connectivity index (χ4n) is 3.74. The lowest BCUT2D eigenvalue weighted by Gasteiger charge is -2.34. The molecule has 0 radical (unpaired) electrons. The summed E-state index contributed by atoms with van der Waals surface area (Å²) in [4.78, 5) is 6.40. The molecule has 0 aliphatic carbocycles. The fourth-order valence-corrected chi connectivity index (χ4v) is 3.74. The van der Waals surface area contributed by atoms with Gasteiger partial charge in [-0.2, -0.15) is 4.39 Å². The molecule has 0 amide bonds. The van der Waals surface area contributed by atoms with Crippen LogP contribution in [-0.4, -0.2) is 22.0 Å². The van der Waals surface area contributed by atoms with Gasteiger partial charge in [-0.15, -0.1) is 0 Å². The van der Waals surface area contributed by atoms with Crippen molar-refractivity contribution in [3.8, 4) is 0 Å². The first kappa shape index (κ1) is 13.6. The van der Waals surface area contributed by atoms with Crippen LogP contribution in [0.15, 0.2) is 54.7 Å². The molecule has 0 saturated carbocycles. The molecule has 22 heavy (non-hydrogen) atoms. The normalized spacial score (nSPS) is 24.3. The summed E-state index contributed by atoms with van der Waals surface area (Å²) in [5.74, 6) is -0.408. The summed E-state index contributed by atoms with van der Waals surface area (Å²) >= 11 is 0. The van der Waals surface area contributed by atoms with Crippen molar-refractivity contribution in [2.75, 3.05) is 0 Å². The Labute approximate surface area is 130 Å². The monoisotopic (exact) mass is 294 g/mol. The molecule has 1 aromatic carbocycles. The minimum atomic E-state index is -0.408. The number of hydrogen-bond acceptors (Lipinski definition) is 2. The summed E-state index contributed by atoms with van der Waals surface area (Å²) in [5.41, 5.74) is 3.77. The Morgan fingerprint density at radius 3 is 2.68 bits per heavy atom. The van der Waals surface area contributed by atoms with Gasteiger partial charge in [0.1, 0.15) is 0 Å². The fraction of sp³-hybridized carbons (Fsp3) is 0.316. The van der Waals surface area contributed by atoms with Crippen molar-refractivity contribution < 1.29 is 4.39 Å². The van der Waals surface area contributed by atoms with E-state index in [1.165, 1.54) is 30.0 Å². The zero-order chi connectivity index (χ0) is 14.9. The third-order valence-electron chi connectivity index (χ3n) is 4.85. The number of halogens is 1. The van der Waals surface area contributed by atoms with E-state index < -0.39 is 5.95 Å². The minimum absolute atomic E-state index is 0.408. The quantitative estimate of drug-likeness (QED) is 0.794. The van der Waals surface area contributed by atoms with E-state index in [9.17, 15) is 4.39 Å². The smallest absolute Gasteiger partial charge is 0.212 e. The number of aromatic nitrogens is 1. The maximum atomic E-state index is 13.0. The van der Waals surface area contributed by atoms with Gasteiger partial charge in [-0.3, -0.25) is 4.90 Å². The highest BCUT2D eigenvalue weighted by Crippen LogP contribution is 2.39. The number of rotatable bonds is 3. The van der Waals surface area contributed by atoms with Crippen molar-refractivity contribution in [1.29, 1.82) is 0 Å². The summed E-state index contributed by atoms with van der Waals surface area (Å²) in [6.45, 7) is 1.02. The molecule has 1 aromatic heterocycles. The van der Waals surface area contributed by atoms with Crippen molar-refractivity contribution >= 4 is 5.57 Å². The molecule has 3 heterocycles.